The topological polar surface area (TPSA) is 53.7 Å². The Labute approximate surface area is 87.1 Å². The van der Waals surface area contributed by atoms with Gasteiger partial charge >= 0.3 is 8.80 Å². The molecule has 1 aliphatic rings. The van der Waals surface area contributed by atoms with Gasteiger partial charge in [-0.1, -0.05) is 0 Å². The van der Waals surface area contributed by atoms with Crippen LogP contribution in [0.5, 0.6) is 0 Å². The van der Waals surface area contributed by atoms with Crippen molar-refractivity contribution in [3.8, 4) is 0 Å². The molecule has 4 nitrogen and oxygen atoms in total. The Morgan fingerprint density at radius 3 is 2.29 bits per heavy atom. The van der Waals surface area contributed by atoms with E-state index in [0.29, 0.717) is 13.2 Å². The van der Waals surface area contributed by atoms with Crippen LogP contribution in [0.1, 0.15) is 27.2 Å². The second-order valence-corrected chi connectivity index (χ2v) is 6.28. The first kappa shape index (κ1) is 12.1. The van der Waals surface area contributed by atoms with E-state index < -0.39 is 8.80 Å². The third-order valence-corrected chi connectivity index (χ3v) is 5.60. The van der Waals surface area contributed by atoms with E-state index in [4.69, 9.17) is 19.0 Å². The van der Waals surface area contributed by atoms with Crippen molar-refractivity contribution < 1.29 is 13.3 Å². The molecule has 1 aliphatic heterocycles. The summed E-state index contributed by atoms with van der Waals surface area (Å²) < 4.78 is 17.4. The maximum Gasteiger partial charge on any atom is 0.501 e. The van der Waals surface area contributed by atoms with Gasteiger partial charge in [0, 0.05) is 12.7 Å². The molecule has 1 fully saturated rings. The van der Waals surface area contributed by atoms with Crippen LogP contribution in [0.25, 0.3) is 0 Å². The molecule has 0 saturated carbocycles. The standard InChI is InChI=1S/C9H21NO3Si/c1-4-11-14(7-5-6-10)12-8(2)9(3)13-14/h8-9H,4-7,10H2,1-3H3/t8-,9+,14?. The molecule has 5 heteroatoms. The van der Waals surface area contributed by atoms with Gasteiger partial charge in [0.25, 0.3) is 0 Å². The van der Waals surface area contributed by atoms with E-state index in [2.05, 4.69) is 0 Å². The van der Waals surface area contributed by atoms with Gasteiger partial charge in [0.05, 0.1) is 12.2 Å². The number of nitrogens with two attached hydrogens (primary N) is 1. The Bertz CT molecular complexity index is 169. The second kappa shape index (κ2) is 5.23. The highest BCUT2D eigenvalue weighted by Gasteiger charge is 2.50. The van der Waals surface area contributed by atoms with Crippen LogP contribution >= 0.6 is 0 Å². The molecule has 0 amide bonds. The molecule has 14 heavy (non-hydrogen) atoms. The van der Waals surface area contributed by atoms with Gasteiger partial charge in [-0.15, -0.1) is 0 Å². The van der Waals surface area contributed by atoms with E-state index in [1.807, 2.05) is 20.8 Å². The van der Waals surface area contributed by atoms with Crippen LogP contribution in [-0.2, 0) is 13.3 Å². The average Bonchev–Trinajstić information content (AvgIpc) is 2.41. The number of hydrogen-bond acceptors (Lipinski definition) is 4. The summed E-state index contributed by atoms with van der Waals surface area (Å²) in [4.78, 5) is 0. The first-order valence-corrected chi connectivity index (χ1v) is 7.26. The highest BCUT2D eigenvalue weighted by Crippen LogP contribution is 2.29. The molecule has 1 saturated heterocycles. The molecular weight excluding hydrogens is 198 g/mol. The van der Waals surface area contributed by atoms with E-state index >= 15 is 0 Å². The zero-order valence-corrected chi connectivity index (χ0v) is 10.3. The Balaban J connectivity index is 2.54. The molecule has 0 radical (unpaired) electrons. The predicted octanol–water partition coefficient (Wildman–Crippen LogP) is 1.13. The van der Waals surface area contributed by atoms with E-state index in [0.717, 1.165) is 12.5 Å². The minimum absolute atomic E-state index is 0.144. The van der Waals surface area contributed by atoms with Crippen LogP contribution in [0.4, 0.5) is 0 Å². The van der Waals surface area contributed by atoms with Crippen molar-refractivity contribution in [3.63, 3.8) is 0 Å². The monoisotopic (exact) mass is 219 g/mol. The van der Waals surface area contributed by atoms with Crippen LogP contribution in [0.15, 0.2) is 0 Å². The van der Waals surface area contributed by atoms with Crippen molar-refractivity contribution in [3.05, 3.63) is 0 Å². The van der Waals surface area contributed by atoms with Gasteiger partial charge in [0.2, 0.25) is 0 Å². The molecule has 0 aliphatic carbocycles. The van der Waals surface area contributed by atoms with Gasteiger partial charge in [0.1, 0.15) is 0 Å². The fraction of sp³-hybridized carbons (Fsp3) is 1.00. The molecular formula is C9H21NO3Si. The molecule has 1 rings (SSSR count). The maximum atomic E-state index is 5.84. The Morgan fingerprint density at radius 1 is 1.29 bits per heavy atom. The van der Waals surface area contributed by atoms with Gasteiger partial charge in [0.15, 0.2) is 0 Å². The molecule has 0 spiro atoms. The fourth-order valence-electron chi connectivity index (χ4n) is 1.58. The minimum Gasteiger partial charge on any atom is -0.374 e. The Morgan fingerprint density at radius 2 is 1.86 bits per heavy atom. The van der Waals surface area contributed by atoms with E-state index in [1.165, 1.54) is 0 Å². The Hall–Kier alpha value is 0.0569. The molecule has 0 aromatic carbocycles. The lowest BCUT2D eigenvalue weighted by Crippen LogP contribution is -2.41. The van der Waals surface area contributed by atoms with Crippen molar-refractivity contribution in [2.45, 2.75) is 45.4 Å². The fourth-order valence-corrected chi connectivity index (χ4v) is 4.75. The highest BCUT2D eigenvalue weighted by molar-refractivity contribution is 6.61. The molecule has 0 bridgehead atoms. The molecule has 2 N–H and O–H groups in total. The van der Waals surface area contributed by atoms with Crippen molar-refractivity contribution in [2.24, 2.45) is 5.73 Å². The normalized spacial score (nSPS) is 37.7. The third-order valence-electron chi connectivity index (χ3n) is 2.44. The van der Waals surface area contributed by atoms with Crippen LogP contribution in [0, 0.1) is 0 Å². The lowest BCUT2D eigenvalue weighted by molar-refractivity contribution is 0.133. The summed E-state index contributed by atoms with van der Waals surface area (Å²) in [6.45, 7) is 7.34. The summed E-state index contributed by atoms with van der Waals surface area (Å²) in [6, 6.07) is 0.839. The lowest BCUT2D eigenvalue weighted by Gasteiger charge is -2.22. The summed E-state index contributed by atoms with van der Waals surface area (Å²) in [5.74, 6) is 0. The van der Waals surface area contributed by atoms with Gasteiger partial charge < -0.3 is 19.0 Å². The lowest BCUT2D eigenvalue weighted by atomic mass is 10.3. The van der Waals surface area contributed by atoms with E-state index in [1.54, 1.807) is 0 Å². The van der Waals surface area contributed by atoms with E-state index in [9.17, 15) is 0 Å². The van der Waals surface area contributed by atoms with E-state index in [-0.39, 0.29) is 12.2 Å². The maximum absolute atomic E-state index is 5.84. The quantitative estimate of drug-likeness (QED) is 0.704. The van der Waals surface area contributed by atoms with Crippen molar-refractivity contribution in [2.75, 3.05) is 13.2 Å². The molecule has 1 unspecified atom stereocenters. The SMILES string of the molecule is CCO[Si]1(CCCN)O[C@@H](C)[C@@H](C)O1. The minimum atomic E-state index is -2.36. The summed E-state index contributed by atoms with van der Waals surface area (Å²) >= 11 is 0. The van der Waals surface area contributed by atoms with Crippen molar-refractivity contribution in [1.29, 1.82) is 0 Å². The number of hydrogen-bond donors (Lipinski definition) is 1. The summed E-state index contributed by atoms with van der Waals surface area (Å²) in [5, 5.41) is 0. The van der Waals surface area contributed by atoms with Gasteiger partial charge in [-0.2, -0.15) is 0 Å². The largest absolute Gasteiger partial charge is 0.501 e. The van der Waals surface area contributed by atoms with Crippen molar-refractivity contribution in [1.82, 2.24) is 0 Å². The van der Waals surface area contributed by atoms with Crippen LogP contribution in [-0.4, -0.2) is 34.2 Å². The zero-order chi connectivity index (χ0) is 10.6. The molecule has 3 atom stereocenters. The van der Waals surface area contributed by atoms with Crippen LogP contribution < -0.4 is 5.73 Å². The third kappa shape index (κ3) is 2.77. The van der Waals surface area contributed by atoms with Crippen LogP contribution in [0.2, 0.25) is 6.04 Å². The van der Waals surface area contributed by atoms with Gasteiger partial charge in [-0.25, -0.2) is 0 Å². The second-order valence-electron chi connectivity index (χ2n) is 3.65. The summed E-state index contributed by atoms with van der Waals surface area (Å²) in [6.07, 6.45) is 1.20. The van der Waals surface area contributed by atoms with Gasteiger partial charge in [-0.3, -0.25) is 0 Å². The summed E-state index contributed by atoms with van der Waals surface area (Å²) in [5.41, 5.74) is 5.49. The summed E-state index contributed by atoms with van der Waals surface area (Å²) in [7, 11) is -2.36. The highest BCUT2D eigenvalue weighted by atomic mass is 28.4. The molecule has 1 heterocycles. The molecule has 84 valence electrons. The Kier molecular flexibility index (Phi) is 4.53. The van der Waals surface area contributed by atoms with Crippen LogP contribution in [0.3, 0.4) is 0 Å². The predicted molar refractivity (Wildman–Crippen MR) is 57.0 cm³/mol. The first-order valence-electron chi connectivity index (χ1n) is 5.33. The van der Waals surface area contributed by atoms with Gasteiger partial charge in [-0.05, 0) is 33.7 Å². The smallest absolute Gasteiger partial charge is 0.374 e. The average molecular weight is 219 g/mol. The first-order chi connectivity index (χ1) is 6.63. The van der Waals surface area contributed by atoms with Crippen molar-refractivity contribution >= 4 is 8.80 Å². The number of rotatable bonds is 5. The molecule has 0 aromatic heterocycles. The molecule has 0 aromatic rings. The zero-order valence-electron chi connectivity index (χ0n) is 9.29.